The third-order valence-electron chi connectivity index (χ3n) is 1.23. The van der Waals surface area contributed by atoms with Gasteiger partial charge in [-0.2, -0.15) is 0 Å². The molecule has 0 unspecified atom stereocenters. The molecule has 3 nitrogen and oxygen atoms in total. The van der Waals surface area contributed by atoms with Crippen molar-refractivity contribution < 1.29 is 9.25 Å². The number of nitrogens with zero attached hydrogens (tertiary/aromatic N) is 1. The highest BCUT2D eigenvalue weighted by atomic mass is 16.6. The fraction of sp³-hybridized carbons (Fsp3) is 0.222. The van der Waals surface area contributed by atoms with Gasteiger partial charge in [-0.25, -0.2) is 0 Å². The highest BCUT2D eigenvalue weighted by Crippen LogP contribution is 2.01. The van der Waals surface area contributed by atoms with Crippen molar-refractivity contribution in [3.8, 4) is 12.3 Å². The summed E-state index contributed by atoms with van der Waals surface area (Å²) in [4.78, 5) is 4.76. The molecule has 1 aromatic rings. The van der Waals surface area contributed by atoms with Crippen LogP contribution in [0.1, 0.15) is 12.7 Å². The summed E-state index contributed by atoms with van der Waals surface area (Å²) in [6.07, 6.45) is 6.54. The average molecular weight is 163 g/mol. The SMILES string of the molecule is C#CCO/N=C(/C)c1ccco1. The molecule has 3 heteroatoms. The predicted octanol–water partition coefficient (Wildman–Crippen LogP) is 1.65. The largest absolute Gasteiger partial charge is 0.463 e. The molecule has 0 saturated heterocycles. The monoisotopic (exact) mass is 163 g/mol. The zero-order chi connectivity index (χ0) is 8.81. The Labute approximate surface area is 71.0 Å². The molecule has 0 spiro atoms. The molecule has 62 valence electrons. The van der Waals surface area contributed by atoms with E-state index in [0.717, 1.165) is 0 Å². The number of furan rings is 1. The number of hydrogen-bond acceptors (Lipinski definition) is 3. The van der Waals surface area contributed by atoms with E-state index >= 15 is 0 Å². The standard InChI is InChI=1S/C9H9NO2/c1-3-6-12-10-8(2)9-5-4-7-11-9/h1,4-5,7H,6H2,2H3/b10-8-. The van der Waals surface area contributed by atoms with E-state index in [2.05, 4.69) is 11.1 Å². The minimum atomic E-state index is 0.179. The van der Waals surface area contributed by atoms with Gasteiger partial charge in [0.1, 0.15) is 5.71 Å². The Hall–Kier alpha value is -1.69. The normalized spacial score (nSPS) is 10.8. The summed E-state index contributed by atoms with van der Waals surface area (Å²) in [5.41, 5.74) is 0.676. The maximum atomic E-state index is 5.06. The summed E-state index contributed by atoms with van der Waals surface area (Å²) in [6, 6.07) is 3.59. The van der Waals surface area contributed by atoms with E-state index in [1.807, 2.05) is 0 Å². The fourth-order valence-corrected chi connectivity index (χ4v) is 0.696. The Balaban J connectivity index is 2.54. The maximum Gasteiger partial charge on any atom is 0.177 e. The Morgan fingerprint density at radius 3 is 3.25 bits per heavy atom. The van der Waals surface area contributed by atoms with E-state index in [1.165, 1.54) is 0 Å². The zero-order valence-electron chi connectivity index (χ0n) is 6.78. The number of rotatable bonds is 3. The van der Waals surface area contributed by atoms with Crippen LogP contribution in [0.4, 0.5) is 0 Å². The first kappa shape index (κ1) is 8.41. The van der Waals surface area contributed by atoms with Gasteiger partial charge in [0.25, 0.3) is 0 Å². The third kappa shape index (κ3) is 2.17. The number of terminal acetylenes is 1. The van der Waals surface area contributed by atoms with Crippen molar-refractivity contribution in [2.45, 2.75) is 6.92 Å². The molecule has 0 aliphatic carbocycles. The molecule has 1 heterocycles. The first-order valence-electron chi connectivity index (χ1n) is 3.48. The predicted molar refractivity (Wildman–Crippen MR) is 45.7 cm³/mol. The van der Waals surface area contributed by atoms with E-state index in [0.29, 0.717) is 11.5 Å². The minimum absolute atomic E-state index is 0.179. The molecule has 1 rings (SSSR count). The van der Waals surface area contributed by atoms with Gasteiger partial charge in [0.15, 0.2) is 12.4 Å². The molecule has 0 amide bonds. The molecule has 0 aromatic carbocycles. The van der Waals surface area contributed by atoms with Crippen LogP contribution in [-0.2, 0) is 4.84 Å². The highest BCUT2D eigenvalue weighted by molar-refractivity contribution is 5.95. The van der Waals surface area contributed by atoms with Gasteiger partial charge in [-0.15, -0.1) is 6.42 Å². The average Bonchev–Trinajstić information content (AvgIpc) is 2.56. The van der Waals surface area contributed by atoms with Gasteiger partial charge in [-0.3, -0.25) is 0 Å². The van der Waals surface area contributed by atoms with Gasteiger partial charge in [0, 0.05) is 0 Å². The van der Waals surface area contributed by atoms with Crippen LogP contribution in [0, 0.1) is 12.3 Å². The van der Waals surface area contributed by atoms with Crippen molar-refractivity contribution in [1.82, 2.24) is 0 Å². The Bertz CT molecular complexity index is 293. The minimum Gasteiger partial charge on any atom is -0.463 e. The maximum absolute atomic E-state index is 5.06. The second-order valence-electron chi connectivity index (χ2n) is 2.13. The number of hydrogen-bond donors (Lipinski definition) is 0. The zero-order valence-corrected chi connectivity index (χ0v) is 6.78. The van der Waals surface area contributed by atoms with Crippen molar-refractivity contribution in [1.29, 1.82) is 0 Å². The van der Waals surface area contributed by atoms with Gasteiger partial charge in [-0.05, 0) is 19.1 Å². The lowest BCUT2D eigenvalue weighted by Crippen LogP contribution is -1.94. The van der Waals surface area contributed by atoms with Crippen molar-refractivity contribution in [3.63, 3.8) is 0 Å². The molecular formula is C9H9NO2. The second-order valence-corrected chi connectivity index (χ2v) is 2.13. The first-order valence-corrected chi connectivity index (χ1v) is 3.48. The van der Waals surface area contributed by atoms with Crippen LogP contribution in [0.25, 0.3) is 0 Å². The molecule has 1 aromatic heterocycles. The smallest absolute Gasteiger partial charge is 0.177 e. The van der Waals surface area contributed by atoms with Gasteiger partial charge in [-0.1, -0.05) is 11.1 Å². The Morgan fingerprint density at radius 2 is 2.67 bits per heavy atom. The lowest BCUT2D eigenvalue weighted by atomic mass is 10.3. The van der Waals surface area contributed by atoms with Gasteiger partial charge >= 0.3 is 0 Å². The topological polar surface area (TPSA) is 34.7 Å². The molecule has 0 atom stereocenters. The Kier molecular flexibility index (Phi) is 2.97. The van der Waals surface area contributed by atoms with Crippen molar-refractivity contribution in [3.05, 3.63) is 24.2 Å². The van der Waals surface area contributed by atoms with E-state index < -0.39 is 0 Å². The number of oxime groups is 1. The fourth-order valence-electron chi connectivity index (χ4n) is 0.696. The van der Waals surface area contributed by atoms with Crippen LogP contribution in [0.3, 0.4) is 0 Å². The molecule has 0 radical (unpaired) electrons. The summed E-state index contributed by atoms with van der Waals surface area (Å²) in [6.45, 7) is 1.97. The molecule has 0 fully saturated rings. The molecule has 0 bridgehead atoms. The quantitative estimate of drug-likeness (QED) is 0.294. The third-order valence-corrected chi connectivity index (χ3v) is 1.23. The van der Waals surface area contributed by atoms with Crippen LogP contribution < -0.4 is 0 Å². The first-order chi connectivity index (χ1) is 5.84. The molecule has 12 heavy (non-hydrogen) atoms. The van der Waals surface area contributed by atoms with Crippen LogP contribution >= 0.6 is 0 Å². The van der Waals surface area contributed by atoms with E-state index in [9.17, 15) is 0 Å². The van der Waals surface area contributed by atoms with Gasteiger partial charge in [0.05, 0.1) is 6.26 Å². The Morgan fingerprint density at radius 1 is 1.83 bits per heavy atom. The van der Waals surface area contributed by atoms with Crippen molar-refractivity contribution in [2.75, 3.05) is 6.61 Å². The van der Waals surface area contributed by atoms with Crippen LogP contribution in [-0.4, -0.2) is 12.3 Å². The highest BCUT2D eigenvalue weighted by Gasteiger charge is 1.98. The summed E-state index contributed by atoms with van der Waals surface area (Å²) in [7, 11) is 0. The summed E-state index contributed by atoms with van der Waals surface area (Å²) >= 11 is 0. The van der Waals surface area contributed by atoms with E-state index in [-0.39, 0.29) is 6.61 Å². The molecular weight excluding hydrogens is 154 g/mol. The molecule has 0 aliphatic heterocycles. The summed E-state index contributed by atoms with van der Waals surface area (Å²) in [5.74, 6) is 3.00. The van der Waals surface area contributed by atoms with Crippen molar-refractivity contribution in [2.24, 2.45) is 5.16 Å². The lowest BCUT2D eigenvalue weighted by Gasteiger charge is -1.94. The van der Waals surface area contributed by atoms with Gasteiger partial charge in [0.2, 0.25) is 0 Å². The molecule has 0 aliphatic rings. The van der Waals surface area contributed by atoms with E-state index in [4.69, 9.17) is 15.7 Å². The summed E-state index contributed by atoms with van der Waals surface area (Å²) in [5, 5.41) is 3.74. The van der Waals surface area contributed by atoms with Crippen LogP contribution in [0.15, 0.2) is 28.0 Å². The van der Waals surface area contributed by atoms with Gasteiger partial charge < -0.3 is 9.25 Å². The second kappa shape index (κ2) is 4.24. The molecule has 0 N–H and O–H groups in total. The van der Waals surface area contributed by atoms with E-state index in [1.54, 1.807) is 25.3 Å². The molecule has 0 saturated carbocycles. The van der Waals surface area contributed by atoms with Crippen LogP contribution in [0.2, 0.25) is 0 Å². The lowest BCUT2D eigenvalue weighted by molar-refractivity contribution is 0.179. The van der Waals surface area contributed by atoms with Crippen molar-refractivity contribution >= 4 is 5.71 Å². The van der Waals surface area contributed by atoms with Crippen LogP contribution in [0.5, 0.6) is 0 Å². The summed E-state index contributed by atoms with van der Waals surface area (Å²) < 4.78 is 5.06.